The van der Waals surface area contributed by atoms with Gasteiger partial charge >= 0.3 is 0 Å². The highest BCUT2D eigenvalue weighted by molar-refractivity contribution is 5.97. The van der Waals surface area contributed by atoms with Crippen LogP contribution >= 0.6 is 0 Å². The van der Waals surface area contributed by atoms with E-state index >= 15 is 0 Å². The van der Waals surface area contributed by atoms with Gasteiger partial charge in [-0.25, -0.2) is 14.4 Å². The Labute approximate surface area is 133 Å². The first-order valence-electron chi connectivity index (χ1n) is 7.34. The number of methoxy groups -OCH3 is 1. The van der Waals surface area contributed by atoms with Crippen molar-refractivity contribution in [3.05, 3.63) is 48.0 Å². The van der Waals surface area contributed by atoms with E-state index in [2.05, 4.69) is 9.97 Å². The highest BCUT2D eigenvalue weighted by atomic mass is 19.1. The minimum atomic E-state index is -0.453. The lowest BCUT2D eigenvalue weighted by Gasteiger charge is -2.34. The van der Waals surface area contributed by atoms with Crippen LogP contribution in [0.3, 0.4) is 0 Å². The molecule has 120 valence electrons. The number of carbonyl (C=O) groups excluding carboxylic acids is 1. The van der Waals surface area contributed by atoms with Crippen molar-refractivity contribution in [2.75, 3.05) is 38.2 Å². The Bertz CT molecular complexity index is 688. The Morgan fingerprint density at radius 1 is 1.17 bits per heavy atom. The van der Waals surface area contributed by atoms with E-state index in [4.69, 9.17) is 4.74 Å². The number of hydrogen-bond donors (Lipinski definition) is 0. The average Bonchev–Trinajstić information content (AvgIpc) is 2.62. The molecule has 0 N–H and O–H groups in total. The lowest BCUT2D eigenvalue weighted by molar-refractivity contribution is 0.0742. The zero-order chi connectivity index (χ0) is 16.2. The third kappa shape index (κ3) is 3.23. The summed E-state index contributed by atoms with van der Waals surface area (Å²) >= 11 is 0. The number of benzene rings is 1. The summed E-state index contributed by atoms with van der Waals surface area (Å²) in [5.41, 5.74) is 0.247. The Morgan fingerprint density at radius 3 is 2.52 bits per heavy atom. The van der Waals surface area contributed by atoms with Crippen molar-refractivity contribution < 1.29 is 13.9 Å². The first-order chi connectivity index (χ1) is 11.2. The van der Waals surface area contributed by atoms with E-state index < -0.39 is 5.82 Å². The van der Waals surface area contributed by atoms with Crippen LogP contribution in [0, 0.1) is 5.82 Å². The van der Waals surface area contributed by atoms with Crippen molar-refractivity contribution in [3.8, 4) is 5.75 Å². The maximum atomic E-state index is 13.4. The van der Waals surface area contributed by atoms with Crippen LogP contribution in [0.2, 0.25) is 0 Å². The molecule has 3 rings (SSSR count). The van der Waals surface area contributed by atoms with Gasteiger partial charge in [0.1, 0.15) is 11.6 Å². The van der Waals surface area contributed by atoms with Gasteiger partial charge in [0.2, 0.25) is 5.95 Å². The van der Waals surface area contributed by atoms with Crippen LogP contribution < -0.4 is 9.64 Å². The highest BCUT2D eigenvalue weighted by Gasteiger charge is 2.25. The molecule has 1 aliphatic rings. The molecule has 1 aromatic heterocycles. The van der Waals surface area contributed by atoms with E-state index in [1.165, 1.54) is 25.3 Å². The van der Waals surface area contributed by atoms with E-state index in [1.54, 1.807) is 23.4 Å². The number of carbonyl (C=O) groups is 1. The SMILES string of the molecule is COc1ccc(F)cc1C(=O)N1CCN(c2ncccn2)CC1. The smallest absolute Gasteiger partial charge is 0.257 e. The van der Waals surface area contributed by atoms with E-state index in [-0.39, 0.29) is 11.5 Å². The molecule has 0 bridgehead atoms. The third-order valence-electron chi connectivity index (χ3n) is 3.79. The lowest BCUT2D eigenvalue weighted by Crippen LogP contribution is -2.49. The van der Waals surface area contributed by atoms with Gasteiger partial charge in [0, 0.05) is 38.6 Å². The first kappa shape index (κ1) is 15.2. The predicted octanol–water partition coefficient (Wildman–Crippen LogP) is 1.59. The van der Waals surface area contributed by atoms with E-state index in [0.29, 0.717) is 37.9 Å². The normalized spacial score (nSPS) is 14.7. The van der Waals surface area contributed by atoms with Crippen molar-refractivity contribution in [2.45, 2.75) is 0 Å². The Kier molecular flexibility index (Phi) is 4.36. The van der Waals surface area contributed by atoms with Gasteiger partial charge in [0.25, 0.3) is 5.91 Å². The number of piperazine rings is 1. The lowest BCUT2D eigenvalue weighted by atomic mass is 10.1. The van der Waals surface area contributed by atoms with Gasteiger partial charge in [-0.15, -0.1) is 0 Å². The fraction of sp³-hybridized carbons (Fsp3) is 0.312. The van der Waals surface area contributed by atoms with Gasteiger partial charge in [-0.1, -0.05) is 0 Å². The molecule has 0 spiro atoms. The molecular formula is C16H17FN4O2. The number of hydrogen-bond acceptors (Lipinski definition) is 5. The van der Waals surface area contributed by atoms with Crippen LogP contribution in [0.25, 0.3) is 0 Å². The summed E-state index contributed by atoms with van der Waals surface area (Å²) in [6.07, 6.45) is 3.38. The van der Waals surface area contributed by atoms with Gasteiger partial charge in [-0.3, -0.25) is 4.79 Å². The van der Waals surface area contributed by atoms with Crippen LogP contribution in [0.15, 0.2) is 36.7 Å². The van der Waals surface area contributed by atoms with E-state index in [0.717, 1.165) is 0 Å². The number of nitrogens with zero attached hydrogens (tertiary/aromatic N) is 4. The second-order valence-corrected chi connectivity index (χ2v) is 5.17. The molecule has 6 nitrogen and oxygen atoms in total. The molecule has 23 heavy (non-hydrogen) atoms. The Hall–Kier alpha value is -2.70. The zero-order valence-corrected chi connectivity index (χ0v) is 12.8. The molecule has 7 heteroatoms. The van der Waals surface area contributed by atoms with E-state index in [1.807, 2.05) is 4.90 Å². The number of anilines is 1. The maximum Gasteiger partial charge on any atom is 0.257 e. The molecule has 1 aromatic carbocycles. The minimum Gasteiger partial charge on any atom is -0.496 e. The predicted molar refractivity (Wildman–Crippen MR) is 83.1 cm³/mol. The maximum absolute atomic E-state index is 13.4. The topological polar surface area (TPSA) is 58.6 Å². The molecule has 1 aliphatic heterocycles. The first-order valence-corrected chi connectivity index (χ1v) is 7.34. The number of halogens is 1. The second-order valence-electron chi connectivity index (χ2n) is 5.17. The van der Waals surface area contributed by atoms with Crippen LogP contribution in [-0.2, 0) is 0 Å². The third-order valence-corrected chi connectivity index (χ3v) is 3.79. The Morgan fingerprint density at radius 2 is 1.87 bits per heavy atom. The second kappa shape index (κ2) is 6.60. The molecule has 0 unspecified atom stereocenters. The molecule has 0 radical (unpaired) electrons. The van der Waals surface area contributed by atoms with Crippen LogP contribution in [-0.4, -0.2) is 54.1 Å². The summed E-state index contributed by atoms with van der Waals surface area (Å²) in [4.78, 5) is 24.7. The molecular weight excluding hydrogens is 299 g/mol. The molecule has 2 aromatic rings. The molecule has 0 saturated carbocycles. The number of amides is 1. The van der Waals surface area contributed by atoms with Gasteiger partial charge in [-0.05, 0) is 24.3 Å². The van der Waals surface area contributed by atoms with Crippen molar-refractivity contribution in [3.63, 3.8) is 0 Å². The molecule has 2 heterocycles. The summed E-state index contributed by atoms with van der Waals surface area (Å²) in [5, 5.41) is 0. The van der Waals surface area contributed by atoms with Crippen LogP contribution in [0.5, 0.6) is 5.75 Å². The quantitative estimate of drug-likeness (QED) is 0.860. The molecule has 0 atom stereocenters. The largest absolute Gasteiger partial charge is 0.496 e. The summed E-state index contributed by atoms with van der Waals surface area (Å²) in [6.45, 7) is 2.31. The summed E-state index contributed by atoms with van der Waals surface area (Å²) in [5.74, 6) is 0.355. The molecule has 1 saturated heterocycles. The summed E-state index contributed by atoms with van der Waals surface area (Å²) < 4.78 is 18.6. The van der Waals surface area contributed by atoms with Crippen molar-refractivity contribution in [1.82, 2.24) is 14.9 Å². The van der Waals surface area contributed by atoms with Gasteiger partial charge in [0.15, 0.2) is 0 Å². The zero-order valence-electron chi connectivity index (χ0n) is 12.8. The van der Waals surface area contributed by atoms with Crippen molar-refractivity contribution in [1.29, 1.82) is 0 Å². The molecule has 1 amide bonds. The average molecular weight is 316 g/mol. The number of aromatic nitrogens is 2. The van der Waals surface area contributed by atoms with Gasteiger partial charge in [0.05, 0.1) is 12.7 Å². The van der Waals surface area contributed by atoms with Crippen LogP contribution in [0.1, 0.15) is 10.4 Å². The molecule has 0 aliphatic carbocycles. The monoisotopic (exact) mass is 316 g/mol. The molecule has 1 fully saturated rings. The Balaban J connectivity index is 1.70. The summed E-state index contributed by atoms with van der Waals surface area (Å²) in [7, 11) is 1.47. The van der Waals surface area contributed by atoms with Crippen molar-refractivity contribution in [2.24, 2.45) is 0 Å². The highest BCUT2D eigenvalue weighted by Crippen LogP contribution is 2.22. The fourth-order valence-corrected chi connectivity index (χ4v) is 2.58. The number of rotatable bonds is 3. The number of ether oxygens (including phenoxy) is 1. The standard InChI is InChI=1S/C16H17FN4O2/c1-23-14-4-3-12(17)11-13(14)15(22)20-7-9-21(10-8-20)16-18-5-2-6-19-16/h2-6,11H,7-10H2,1H3. The van der Waals surface area contributed by atoms with Crippen molar-refractivity contribution >= 4 is 11.9 Å². The van der Waals surface area contributed by atoms with Crippen LogP contribution in [0.4, 0.5) is 10.3 Å². The summed E-state index contributed by atoms with van der Waals surface area (Å²) in [6, 6.07) is 5.73. The van der Waals surface area contributed by atoms with E-state index in [9.17, 15) is 9.18 Å². The fourth-order valence-electron chi connectivity index (χ4n) is 2.58. The van der Waals surface area contributed by atoms with Gasteiger partial charge < -0.3 is 14.5 Å². The van der Waals surface area contributed by atoms with Gasteiger partial charge in [-0.2, -0.15) is 0 Å². The minimum absolute atomic E-state index is 0.227.